The fourth-order valence-corrected chi connectivity index (χ4v) is 0.687. The van der Waals surface area contributed by atoms with Crippen molar-refractivity contribution in [1.82, 2.24) is 5.32 Å². The zero-order chi connectivity index (χ0) is 6.53. The molecule has 0 saturated heterocycles. The van der Waals surface area contributed by atoms with Gasteiger partial charge in [-0.15, -0.1) is 0 Å². The summed E-state index contributed by atoms with van der Waals surface area (Å²) in [6.07, 6.45) is 5.98. The summed E-state index contributed by atoms with van der Waals surface area (Å²) in [5.41, 5.74) is 0.896. The van der Waals surface area contributed by atoms with E-state index in [1.807, 2.05) is 6.21 Å². The number of rotatable bonds is 2. The van der Waals surface area contributed by atoms with Crippen LogP contribution in [0.3, 0.4) is 0 Å². The first kappa shape index (κ1) is 6.01. The van der Waals surface area contributed by atoms with E-state index in [-0.39, 0.29) is 0 Å². The van der Waals surface area contributed by atoms with Gasteiger partial charge < -0.3 is 5.32 Å². The molecule has 0 atom stereocenters. The minimum absolute atomic E-state index is 0.673. The van der Waals surface area contributed by atoms with Crippen molar-refractivity contribution in [3.8, 4) is 0 Å². The summed E-state index contributed by atoms with van der Waals surface area (Å²) in [6, 6.07) is 0. The van der Waals surface area contributed by atoms with Gasteiger partial charge in [-0.3, -0.25) is 9.79 Å². The summed E-state index contributed by atoms with van der Waals surface area (Å²) in [5.74, 6) is 0. The quantitative estimate of drug-likeness (QED) is 0.533. The van der Waals surface area contributed by atoms with Gasteiger partial charge in [0, 0.05) is 18.1 Å². The Morgan fingerprint density at radius 1 is 1.78 bits per heavy atom. The van der Waals surface area contributed by atoms with Crippen molar-refractivity contribution in [3.63, 3.8) is 0 Å². The van der Waals surface area contributed by atoms with Gasteiger partial charge in [-0.25, -0.2) is 0 Å². The first-order chi connectivity index (χ1) is 4.43. The highest BCUT2D eigenvalue weighted by Crippen LogP contribution is 2.03. The summed E-state index contributed by atoms with van der Waals surface area (Å²) in [7, 11) is 0. The predicted octanol–water partition coefficient (Wildman–Crippen LogP) is 0.438. The molecule has 48 valence electrons. The zero-order valence-corrected chi connectivity index (χ0v) is 5.00. The van der Waals surface area contributed by atoms with Crippen LogP contribution < -0.4 is 5.32 Å². The van der Waals surface area contributed by atoms with Gasteiger partial charge in [0.15, 0.2) is 0 Å². The molecule has 0 bridgehead atoms. The maximum Gasteiger partial charge on any atom is 0.211 e. The van der Waals surface area contributed by atoms with Crippen molar-refractivity contribution in [1.29, 1.82) is 0 Å². The molecule has 0 aromatic carbocycles. The highest BCUT2D eigenvalue weighted by Gasteiger charge is 1.96. The molecule has 3 nitrogen and oxygen atoms in total. The van der Waals surface area contributed by atoms with E-state index in [0.29, 0.717) is 6.41 Å². The monoisotopic (exact) mass is 124 g/mol. The van der Waals surface area contributed by atoms with E-state index in [0.717, 1.165) is 18.5 Å². The highest BCUT2D eigenvalue weighted by molar-refractivity contribution is 5.61. The van der Waals surface area contributed by atoms with Gasteiger partial charge in [0.2, 0.25) is 6.41 Å². The van der Waals surface area contributed by atoms with Crippen LogP contribution in [-0.2, 0) is 4.79 Å². The molecule has 3 heteroatoms. The lowest BCUT2D eigenvalue weighted by Crippen LogP contribution is -2.11. The Bertz CT molecular complexity index is 160. The normalized spacial score (nSPS) is 16.7. The molecule has 1 N–H and O–H groups in total. The molecule has 1 aliphatic heterocycles. The van der Waals surface area contributed by atoms with Gasteiger partial charge in [0.1, 0.15) is 0 Å². The molecular formula is C6H8N2O. The van der Waals surface area contributed by atoms with Crippen LogP contribution in [0.25, 0.3) is 0 Å². The van der Waals surface area contributed by atoms with Gasteiger partial charge in [0.25, 0.3) is 0 Å². The number of hydrogen-bond donors (Lipinski definition) is 1. The molecule has 1 heterocycles. The Kier molecular flexibility index (Phi) is 2.01. The van der Waals surface area contributed by atoms with Crippen LogP contribution in [0.15, 0.2) is 16.9 Å². The average Bonchev–Trinajstić information content (AvgIpc) is 1.91. The average molecular weight is 124 g/mol. The Morgan fingerprint density at radius 2 is 2.67 bits per heavy atom. The smallest absolute Gasteiger partial charge is 0.211 e. The number of nitrogens with zero attached hydrogens (tertiary/aromatic N) is 1. The molecule has 1 rings (SSSR count). The second kappa shape index (κ2) is 3.02. The Morgan fingerprint density at radius 3 is 3.22 bits per heavy atom. The maximum atomic E-state index is 9.87. The molecule has 0 aromatic heterocycles. The van der Waals surface area contributed by atoms with Crippen LogP contribution in [0.5, 0.6) is 0 Å². The van der Waals surface area contributed by atoms with Crippen LogP contribution in [0, 0.1) is 0 Å². The summed E-state index contributed by atoms with van der Waals surface area (Å²) < 4.78 is 0. The second-order valence-electron chi connectivity index (χ2n) is 1.79. The van der Waals surface area contributed by atoms with Crippen molar-refractivity contribution in [2.75, 3.05) is 0 Å². The lowest BCUT2D eigenvalue weighted by Gasteiger charge is -2.04. The SMILES string of the molecule is O=CNC1=CN=CCC1. The molecule has 1 aliphatic rings. The molecule has 0 fully saturated rings. The van der Waals surface area contributed by atoms with Crippen molar-refractivity contribution in [2.24, 2.45) is 4.99 Å². The van der Waals surface area contributed by atoms with Gasteiger partial charge >= 0.3 is 0 Å². The first-order valence-electron chi connectivity index (χ1n) is 2.84. The van der Waals surface area contributed by atoms with Gasteiger partial charge in [-0.1, -0.05) is 0 Å². The third-order valence-corrected chi connectivity index (χ3v) is 1.12. The summed E-state index contributed by atoms with van der Waals surface area (Å²) in [4.78, 5) is 13.7. The standard InChI is InChI=1S/C6H8N2O/c9-5-8-6-2-1-3-7-4-6/h3-5H,1-2H2,(H,8,9). The maximum absolute atomic E-state index is 9.87. The minimum atomic E-state index is 0.673. The largest absolute Gasteiger partial charge is 0.331 e. The van der Waals surface area contributed by atoms with E-state index in [2.05, 4.69) is 10.3 Å². The number of aliphatic imine (C=N–C) groups is 1. The van der Waals surface area contributed by atoms with E-state index < -0.39 is 0 Å². The predicted molar refractivity (Wildman–Crippen MR) is 35.0 cm³/mol. The van der Waals surface area contributed by atoms with Crippen LogP contribution in [0.4, 0.5) is 0 Å². The van der Waals surface area contributed by atoms with Gasteiger partial charge in [0.05, 0.1) is 0 Å². The van der Waals surface area contributed by atoms with Crippen LogP contribution in [-0.4, -0.2) is 12.6 Å². The molecule has 9 heavy (non-hydrogen) atoms. The third-order valence-electron chi connectivity index (χ3n) is 1.12. The van der Waals surface area contributed by atoms with Crippen LogP contribution in [0.2, 0.25) is 0 Å². The van der Waals surface area contributed by atoms with Crippen LogP contribution in [0.1, 0.15) is 12.8 Å². The minimum Gasteiger partial charge on any atom is -0.331 e. The van der Waals surface area contributed by atoms with Crippen molar-refractivity contribution < 1.29 is 4.79 Å². The lowest BCUT2D eigenvalue weighted by atomic mass is 10.2. The van der Waals surface area contributed by atoms with E-state index in [1.54, 1.807) is 6.20 Å². The van der Waals surface area contributed by atoms with E-state index in [1.165, 1.54) is 0 Å². The topological polar surface area (TPSA) is 41.5 Å². The molecule has 0 spiro atoms. The molecular weight excluding hydrogens is 116 g/mol. The van der Waals surface area contributed by atoms with E-state index in [4.69, 9.17) is 0 Å². The Labute approximate surface area is 53.5 Å². The highest BCUT2D eigenvalue weighted by atomic mass is 16.1. The molecule has 0 saturated carbocycles. The molecule has 1 amide bonds. The number of hydrogen-bond acceptors (Lipinski definition) is 2. The van der Waals surface area contributed by atoms with E-state index >= 15 is 0 Å². The van der Waals surface area contributed by atoms with Gasteiger partial charge in [-0.2, -0.15) is 0 Å². The number of amides is 1. The van der Waals surface area contributed by atoms with Crippen molar-refractivity contribution >= 4 is 12.6 Å². The number of nitrogens with one attached hydrogen (secondary N) is 1. The van der Waals surface area contributed by atoms with Gasteiger partial charge in [-0.05, 0) is 12.8 Å². The Hall–Kier alpha value is -1.12. The van der Waals surface area contributed by atoms with Crippen molar-refractivity contribution in [2.45, 2.75) is 12.8 Å². The molecule has 0 unspecified atom stereocenters. The zero-order valence-electron chi connectivity index (χ0n) is 5.00. The lowest BCUT2D eigenvalue weighted by molar-refractivity contribution is -0.109. The number of allylic oxidation sites excluding steroid dienone is 1. The fourth-order valence-electron chi connectivity index (χ4n) is 0.687. The van der Waals surface area contributed by atoms with E-state index in [9.17, 15) is 4.79 Å². The summed E-state index contributed by atoms with van der Waals surface area (Å²) >= 11 is 0. The third kappa shape index (κ3) is 1.68. The summed E-state index contributed by atoms with van der Waals surface area (Å²) in [5, 5.41) is 2.55. The van der Waals surface area contributed by atoms with Crippen LogP contribution >= 0.6 is 0 Å². The fraction of sp³-hybridized carbons (Fsp3) is 0.333. The Balaban J connectivity index is 2.47. The summed E-state index contributed by atoms with van der Waals surface area (Å²) in [6.45, 7) is 0. The number of carbonyl (C=O) groups is 1. The first-order valence-corrected chi connectivity index (χ1v) is 2.84. The second-order valence-corrected chi connectivity index (χ2v) is 1.79. The molecule has 0 aliphatic carbocycles. The molecule has 0 aromatic rings. The van der Waals surface area contributed by atoms with Crippen molar-refractivity contribution in [3.05, 3.63) is 11.9 Å². The molecule has 0 radical (unpaired) electrons. The number of carbonyl (C=O) groups excluding carboxylic acids is 1.